The molecule has 1 amide bonds. The van der Waals surface area contributed by atoms with E-state index < -0.39 is 0 Å². The van der Waals surface area contributed by atoms with Crippen LogP contribution in [-0.2, 0) is 4.79 Å². The Morgan fingerprint density at radius 1 is 1.38 bits per heavy atom. The molecule has 0 aliphatic rings. The van der Waals surface area contributed by atoms with E-state index in [-0.39, 0.29) is 5.91 Å². The fourth-order valence-corrected chi connectivity index (χ4v) is 2.23. The van der Waals surface area contributed by atoms with Gasteiger partial charge >= 0.3 is 0 Å². The normalized spacial score (nSPS) is 10.2. The molecule has 0 aliphatic carbocycles. The lowest BCUT2D eigenvalue weighted by Gasteiger charge is -2.08. The molecule has 0 atom stereocenters. The standard InChI is InChI=1S/C12H15Br2NO/c1-9-8-10(14)5-6-11(9)15-12(16)4-2-3-7-13/h5-6,8H,2-4,7H2,1H3,(H,15,16). The molecule has 0 saturated carbocycles. The third-order valence-electron chi connectivity index (χ3n) is 2.25. The van der Waals surface area contributed by atoms with E-state index in [1.165, 1.54) is 0 Å². The lowest BCUT2D eigenvalue weighted by molar-refractivity contribution is -0.116. The SMILES string of the molecule is Cc1cc(Br)ccc1NC(=O)CCCCBr. The van der Waals surface area contributed by atoms with Gasteiger partial charge in [-0.15, -0.1) is 0 Å². The summed E-state index contributed by atoms with van der Waals surface area (Å²) in [4.78, 5) is 11.6. The summed E-state index contributed by atoms with van der Waals surface area (Å²) in [5, 5.41) is 3.88. The number of carbonyl (C=O) groups excluding carboxylic acids is 1. The Kier molecular flexibility index (Phi) is 6.06. The van der Waals surface area contributed by atoms with Crippen molar-refractivity contribution in [2.45, 2.75) is 26.2 Å². The average Bonchev–Trinajstić information content (AvgIpc) is 2.23. The number of alkyl halides is 1. The molecule has 88 valence electrons. The summed E-state index contributed by atoms with van der Waals surface area (Å²) in [6.07, 6.45) is 2.54. The van der Waals surface area contributed by atoms with Gasteiger partial charge in [-0.05, 0) is 43.5 Å². The van der Waals surface area contributed by atoms with Gasteiger partial charge in [0.1, 0.15) is 0 Å². The van der Waals surface area contributed by atoms with Gasteiger partial charge in [0, 0.05) is 21.9 Å². The van der Waals surface area contributed by atoms with Crippen LogP contribution in [0.15, 0.2) is 22.7 Å². The Hall–Kier alpha value is -0.350. The largest absolute Gasteiger partial charge is 0.326 e. The highest BCUT2D eigenvalue weighted by molar-refractivity contribution is 9.10. The van der Waals surface area contributed by atoms with E-state index >= 15 is 0 Å². The zero-order chi connectivity index (χ0) is 12.0. The van der Waals surface area contributed by atoms with Gasteiger partial charge in [0.05, 0.1) is 0 Å². The quantitative estimate of drug-likeness (QED) is 0.625. The minimum atomic E-state index is 0.0892. The molecule has 2 nitrogen and oxygen atoms in total. The van der Waals surface area contributed by atoms with E-state index in [0.29, 0.717) is 6.42 Å². The zero-order valence-corrected chi connectivity index (χ0v) is 12.4. The Balaban J connectivity index is 2.49. The molecule has 1 aromatic carbocycles. The van der Waals surface area contributed by atoms with Crippen LogP contribution in [0.1, 0.15) is 24.8 Å². The molecule has 0 fully saturated rings. The van der Waals surface area contributed by atoms with E-state index in [4.69, 9.17) is 0 Å². The van der Waals surface area contributed by atoms with Crippen LogP contribution in [0, 0.1) is 6.92 Å². The monoisotopic (exact) mass is 347 g/mol. The molecule has 1 aromatic rings. The van der Waals surface area contributed by atoms with Crippen molar-refractivity contribution < 1.29 is 4.79 Å². The van der Waals surface area contributed by atoms with Crippen molar-refractivity contribution in [2.75, 3.05) is 10.6 Å². The Labute approximate surface area is 113 Å². The van der Waals surface area contributed by atoms with Crippen molar-refractivity contribution in [2.24, 2.45) is 0 Å². The van der Waals surface area contributed by atoms with Crippen LogP contribution in [0.25, 0.3) is 0 Å². The van der Waals surface area contributed by atoms with E-state index in [2.05, 4.69) is 37.2 Å². The summed E-state index contributed by atoms with van der Waals surface area (Å²) < 4.78 is 1.03. The molecule has 0 saturated heterocycles. The van der Waals surface area contributed by atoms with Gasteiger partial charge in [-0.3, -0.25) is 4.79 Å². The summed E-state index contributed by atoms with van der Waals surface area (Å²) in [5.41, 5.74) is 1.97. The molecule has 1 N–H and O–H groups in total. The predicted molar refractivity (Wildman–Crippen MR) is 75.2 cm³/mol. The second kappa shape index (κ2) is 7.07. The Morgan fingerprint density at radius 2 is 2.12 bits per heavy atom. The molecule has 0 heterocycles. The van der Waals surface area contributed by atoms with Gasteiger partial charge in [-0.2, -0.15) is 0 Å². The second-order valence-electron chi connectivity index (χ2n) is 3.65. The molecule has 0 radical (unpaired) electrons. The number of anilines is 1. The van der Waals surface area contributed by atoms with Gasteiger partial charge in [-0.1, -0.05) is 31.9 Å². The lowest BCUT2D eigenvalue weighted by atomic mass is 10.2. The highest BCUT2D eigenvalue weighted by Crippen LogP contribution is 2.20. The van der Waals surface area contributed by atoms with E-state index in [1.54, 1.807) is 0 Å². The van der Waals surface area contributed by atoms with Gasteiger partial charge in [0.25, 0.3) is 0 Å². The number of amides is 1. The van der Waals surface area contributed by atoms with Crippen molar-refractivity contribution in [3.05, 3.63) is 28.2 Å². The highest BCUT2D eigenvalue weighted by atomic mass is 79.9. The van der Waals surface area contributed by atoms with Crippen LogP contribution in [-0.4, -0.2) is 11.2 Å². The zero-order valence-electron chi connectivity index (χ0n) is 9.22. The summed E-state index contributed by atoms with van der Waals surface area (Å²) >= 11 is 6.74. The fraction of sp³-hybridized carbons (Fsp3) is 0.417. The van der Waals surface area contributed by atoms with Crippen LogP contribution in [0.3, 0.4) is 0 Å². The smallest absolute Gasteiger partial charge is 0.224 e. The number of benzene rings is 1. The molecule has 0 bridgehead atoms. The third-order valence-corrected chi connectivity index (χ3v) is 3.30. The van der Waals surface area contributed by atoms with Crippen LogP contribution in [0.4, 0.5) is 5.69 Å². The van der Waals surface area contributed by atoms with Gasteiger partial charge in [-0.25, -0.2) is 0 Å². The minimum Gasteiger partial charge on any atom is -0.326 e. The maximum absolute atomic E-state index is 11.6. The first kappa shape index (κ1) is 13.7. The Morgan fingerprint density at radius 3 is 2.75 bits per heavy atom. The average molecular weight is 349 g/mol. The Bertz CT molecular complexity index is 366. The van der Waals surface area contributed by atoms with Crippen molar-refractivity contribution >= 4 is 43.5 Å². The summed E-state index contributed by atoms with van der Waals surface area (Å²) in [6, 6.07) is 5.84. The van der Waals surface area contributed by atoms with Crippen molar-refractivity contribution in [3.63, 3.8) is 0 Å². The van der Waals surface area contributed by atoms with Crippen LogP contribution >= 0.6 is 31.9 Å². The van der Waals surface area contributed by atoms with Crippen molar-refractivity contribution in [3.8, 4) is 0 Å². The predicted octanol–water partition coefficient (Wildman–Crippen LogP) is 4.26. The molecule has 0 aromatic heterocycles. The first-order chi connectivity index (χ1) is 7.63. The van der Waals surface area contributed by atoms with Gasteiger partial charge < -0.3 is 5.32 Å². The first-order valence-corrected chi connectivity index (χ1v) is 7.17. The number of hydrogen-bond donors (Lipinski definition) is 1. The summed E-state index contributed by atoms with van der Waals surface area (Å²) in [5.74, 6) is 0.0892. The number of rotatable bonds is 5. The topological polar surface area (TPSA) is 29.1 Å². The van der Waals surface area contributed by atoms with Crippen molar-refractivity contribution in [1.29, 1.82) is 0 Å². The molecule has 0 aliphatic heterocycles. The summed E-state index contributed by atoms with van der Waals surface area (Å²) in [6.45, 7) is 1.98. The third kappa shape index (κ3) is 4.66. The molecule has 16 heavy (non-hydrogen) atoms. The fourth-order valence-electron chi connectivity index (χ4n) is 1.36. The number of unbranched alkanes of at least 4 members (excludes halogenated alkanes) is 1. The van der Waals surface area contributed by atoms with Crippen LogP contribution in [0.2, 0.25) is 0 Å². The number of halogens is 2. The number of aryl methyl sites for hydroxylation is 1. The number of nitrogens with one attached hydrogen (secondary N) is 1. The van der Waals surface area contributed by atoms with Crippen LogP contribution < -0.4 is 5.32 Å². The van der Waals surface area contributed by atoms with E-state index in [9.17, 15) is 4.79 Å². The molecule has 0 unspecified atom stereocenters. The second-order valence-corrected chi connectivity index (χ2v) is 5.36. The molecule has 0 spiro atoms. The molecule has 1 rings (SSSR count). The lowest BCUT2D eigenvalue weighted by Crippen LogP contribution is -2.12. The van der Waals surface area contributed by atoms with Crippen molar-refractivity contribution in [1.82, 2.24) is 0 Å². The number of carbonyl (C=O) groups is 1. The van der Waals surface area contributed by atoms with E-state index in [1.807, 2.05) is 25.1 Å². The molecular weight excluding hydrogens is 334 g/mol. The molecular formula is C12H15Br2NO. The van der Waals surface area contributed by atoms with E-state index in [0.717, 1.165) is 33.9 Å². The van der Waals surface area contributed by atoms with Gasteiger partial charge in [0.2, 0.25) is 5.91 Å². The minimum absolute atomic E-state index is 0.0892. The van der Waals surface area contributed by atoms with Crippen LogP contribution in [0.5, 0.6) is 0 Å². The summed E-state index contributed by atoms with van der Waals surface area (Å²) in [7, 11) is 0. The molecule has 4 heteroatoms. The maximum atomic E-state index is 11.6. The number of hydrogen-bond acceptors (Lipinski definition) is 1. The van der Waals surface area contributed by atoms with Gasteiger partial charge in [0.15, 0.2) is 0 Å². The highest BCUT2D eigenvalue weighted by Gasteiger charge is 2.04. The maximum Gasteiger partial charge on any atom is 0.224 e. The first-order valence-electron chi connectivity index (χ1n) is 5.25.